The van der Waals surface area contributed by atoms with E-state index in [0.717, 1.165) is 37.4 Å². The molecule has 4 aromatic carbocycles. The van der Waals surface area contributed by atoms with Gasteiger partial charge in [0.2, 0.25) is 0 Å². The molecular formula is C30H33N5O21S6. The van der Waals surface area contributed by atoms with Crippen molar-refractivity contribution in [1.82, 2.24) is 0 Å². The number of aromatic hydroxyl groups is 1. The lowest BCUT2D eigenvalue weighted by Crippen LogP contribution is -2.16. The van der Waals surface area contributed by atoms with Crippen LogP contribution in [-0.4, -0.2) is 97.3 Å². The van der Waals surface area contributed by atoms with Gasteiger partial charge in [0.25, 0.3) is 10.1 Å². The SMILES string of the molecule is COc1cc(S(=O)(=O)CCOS(=O)(=O)O)c(C)cc1N=Nc1c(S(=O)(=O)O)cc2cc(SOOO)c(N=Nc3cc(C)c(S(=O)(=O)CCOSOOO)cc3OC)c(O)c2c1N. The Kier molecular flexibility index (Phi) is 16.9. The van der Waals surface area contributed by atoms with Gasteiger partial charge in [0, 0.05) is 12.1 Å². The predicted octanol–water partition coefficient (Wildman–Crippen LogP) is 5.64. The first-order valence-electron chi connectivity index (χ1n) is 16.3. The number of benzene rings is 4. The average Bonchev–Trinajstić information content (AvgIpc) is 3.17. The number of fused-ring (bicyclic) bond motifs is 1. The number of hydrogen-bond acceptors (Lipinski definition) is 26. The summed E-state index contributed by atoms with van der Waals surface area (Å²) in [7, 11) is -16.0. The van der Waals surface area contributed by atoms with E-state index in [1.54, 1.807) is 0 Å². The number of rotatable bonds is 22. The molecule has 0 heterocycles. The van der Waals surface area contributed by atoms with Gasteiger partial charge in [-0.2, -0.15) is 16.8 Å². The van der Waals surface area contributed by atoms with E-state index in [1.807, 2.05) is 0 Å². The number of phenols is 1. The second-order valence-corrected chi connectivity index (χ2v) is 19.8. The Hall–Kier alpha value is -4.36. The summed E-state index contributed by atoms with van der Waals surface area (Å²) in [5, 5.41) is 51.2. The van der Waals surface area contributed by atoms with Crippen molar-refractivity contribution in [3.8, 4) is 17.2 Å². The van der Waals surface area contributed by atoms with E-state index >= 15 is 0 Å². The van der Waals surface area contributed by atoms with Crippen LogP contribution in [0.15, 0.2) is 76.4 Å². The summed E-state index contributed by atoms with van der Waals surface area (Å²) in [6.07, 6.45) is 0. The zero-order valence-corrected chi connectivity index (χ0v) is 36.8. The third kappa shape index (κ3) is 12.4. The minimum atomic E-state index is -5.18. The molecule has 0 fully saturated rings. The number of azo groups is 2. The molecule has 0 bridgehead atoms. The van der Waals surface area contributed by atoms with Crippen LogP contribution in [0, 0.1) is 13.8 Å². The van der Waals surface area contributed by atoms with Gasteiger partial charge in [-0.05, 0) is 54.6 Å². The van der Waals surface area contributed by atoms with Gasteiger partial charge in [0.1, 0.15) is 39.1 Å². The summed E-state index contributed by atoms with van der Waals surface area (Å²) < 4.78 is 146. The highest BCUT2D eigenvalue weighted by atomic mass is 32.3. The van der Waals surface area contributed by atoms with Crippen LogP contribution in [0.3, 0.4) is 0 Å². The summed E-state index contributed by atoms with van der Waals surface area (Å²) >= 11 is 0.436. The first-order chi connectivity index (χ1) is 29.0. The van der Waals surface area contributed by atoms with E-state index in [0.29, 0.717) is 0 Å². The van der Waals surface area contributed by atoms with Gasteiger partial charge in [-0.15, -0.1) is 29.1 Å². The number of nitrogen functional groups attached to an aromatic ring is 1. The Morgan fingerprint density at radius 3 is 1.68 bits per heavy atom. The van der Waals surface area contributed by atoms with Crippen LogP contribution in [0.4, 0.5) is 28.4 Å². The van der Waals surface area contributed by atoms with Crippen molar-refractivity contribution in [3.63, 3.8) is 0 Å². The monoisotopic (exact) mass is 991 g/mol. The van der Waals surface area contributed by atoms with Crippen molar-refractivity contribution >= 4 is 104 Å². The fraction of sp³-hybridized carbons (Fsp3) is 0.267. The molecule has 0 aromatic heterocycles. The third-order valence-electron chi connectivity index (χ3n) is 8.01. The van der Waals surface area contributed by atoms with Crippen LogP contribution in [0.25, 0.3) is 10.8 Å². The standard InChI is InChI=1S/C30H33N5O21S6/c1-15-9-18(20(49-3)13-23(15)59(39,40)7-5-51-58-56-54-38)32-34-28-22(57-55-53-37)11-17-12-25(61(43,44)45)29(27(31)26(17)30(28)36)35-33-19-10-16(2)24(14-21(19)50-4)60(41,42)8-6-52-62(46,47)48/h9-14,36-38H,5-8,31H2,1-4H3,(H,43,44,45)(H,46,47,48). The highest BCUT2D eigenvalue weighted by Gasteiger charge is 2.27. The number of phenolic OH excluding ortho intramolecular Hbond substituents is 1. The van der Waals surface area contributed by atoms with E-state index in [1.165, 1.54) is 27.0 Å². The van der Waals surface area contributed by atoms with Crippen molar-refractivity contribution in [1.29, 1.82) is 0 Å². The second-order valence-electron chi connectivity index (χ2n) is 11.9. The Balaban J connectivity index is 1.85. The summed E-state index contributed by atoms with van der Waals surface area (Å²) in [5.74, 6) is -2.59. The number of nitrogens with zero attached hydrogens (tertiary/aromatic N) is 4. The average molecular weight is 992 g/mol. The van der Waals surface area contributed by atoms with Gasteiger partial charge in [0.15, 0.2) is 37.7 Å². The maximum Gasteiger partial charge on any atom is 0.397 e. The van der Waals surface area contributed by atoms with Crippen LogP contribution in [0.5, 0.6) is 17.2 Å². The molecule has 0 aliphatic rings. The topological polar surface area (TPSA) is 387 Å². The molecule has 0 radical (unpaired) electrons. The number of ether oxygens (including phenoxy) is 2. The Labute approximate surface area is 360 Å². The fourth-order valence-electron chi connectivity index (χ4n) is 5.37. The first kappa shape index (κ1) is 50.3. The van der Waals surface area contributed by atoms with Gasteiger partial charge in [-0.25, -0.2) is 31.5 Å². The number of sulfone groups is 2. The van der Waals surface area contributed by atoms with Crippen molar-refractivity contribution < 1.29 is 95.0 Å². The molecule has 26 nitrogen and oxygen atoms in total. The predicted molar refractivity (Wildman–Crippen MR) is 214 cm³/mol. The van der Waals surface area contributed by atoms with Crippen molar-refractivity contribution in [3.05, 3.63) is 47.5 Å². The van der Waals surface area contributed by atoms with Crippen LogP contribution >= 0.6 is 24.4 Å². The molecular weight excluding hydrogens is 959 g/mol. The van der Waals surface area contributed by atoms with Crippen molar-refractivity contribution in [2.75, 3.05) is 44.7 Å². The van der Waals surface area contributed by atoms with E-state index in [2.05, 4.69) is 43.4 Å². The maximum absolute atomic E-state index is 13.0. The zero-order valence-electron chi connectivity index (χ0n) is 31.9. The van der Waals surface area contributed by atoms with E-state index in [9.17, 15) is 43.3 Å². The number of methoxy groups -OCH3 is 2. The molecule has 0 aliphatic carbocycles. The smallest absolute Gasteiger partial charge is 0.397 e. The normalized spacial score (nSPS) is 12.8. The molecule has 62 heavy (non-hydrogen) atoms. The molecule has 32 heteroatoms. The van der Waals surface area contributed by atoms with Crippen molar-refractivity contribution in [2.24, 2.45) is 20.5 Å². The minimum absolute atomic E-state index is 0.0217. The molecule has 0 aliphatic heterocycles. The largest absolute Gasteiger partial charge is 0.505 e. The molecule has 4 aromatic rings. The lowest BCUT2D eigenvalue weighted by atomic mass is 10.1. The van der Waals surface area contributed by atoms with Gasteiger partial charge in [-0.3, -0.25) is 13.3 Å². The third-order valence-corrected chi connectivity index (χ3v) is 14.0. The molecule has 340 valence electrons. The van der Waals surface area contributed by atoms with Crippen molar-refractivity contribution in [2.45, 2.75) is 33.4 Å². The van der Waals surface area contributed by atoms with Crippen LogP contribution in [0.1, 0.15) is 11.1 Å². The van der Waals surface area contributed by atoms with Gasteiger partial charge in [0.05, 0.1) is 76.7 Å². The number of hydrogen-bond donors (Lipinski definition) is 6. The fourth-order valence-corrected chi connectivity index (χ4v) is 9.98. The van der Waals surface area contributed by atoms with E-state index in [-0.39, 0.29) is 90.4 Å². The summed E-state index contributed by atoms with van der Waals surface area (Å²) in [6, 6.07) is 6.58. The molecule has 0 saturated heterocycles. The molecule has 0 atom stereocenters. The quantitative estimate of drug-likeness (QED) is 0.0106. The molecule has 0 amide bonds. The summed E-state index contributed by atoms with van der Waals surface area (Å²) in [4.78, 5) is -1.67. The molecule has 0 spiro atoms. The Morgan fingerprint density at radius 2 is 1.19 bits per heavy atom. The maximum atomic E-state index is 13.0. The van der Waals surface area contributed by atoms with Crippen LogP contribution < -0.4 is 15.2 Å². The lowest BCUT2D eigenvalue weighted by molar-refractivity contribution is -0.434. The minimum Gasteiger partial charge on any atom is -0.505 e. The summed E-state index contributed by atoms with van der Waals surface area (Å²) in [5.41, 5.74) is 4.50. The zero-order chi connectivity index (χ0) is 46.2. The number of anilines is 1. The Morgan fingerprint density at radius 1 is 0.677 bits per heavy atom. The summed E-state index contributed by atoms with van der Waals surface area (Å²) in [6.45, 7) is 1.47. The second kappa shape index (κ2) is 20.9. The lowest BCUT2D eigenvalue weighted by Gasteiger charge is -2.15. The molecule has 0 saturated carbocycles. The van der Waals surface area contributed by atoms with Gasteiger partial charge < -0.3 is 20.3 Å². The van der Waals surface area contributed by atoms with Crippen LogP contribution in [-0.2, 0) is 67.3 Å². The van der Waals surface area contributed by atoms with Gasteiger partial charge >= 0.3 is 10.4 Å². The van der Waals surface area contributed by atoms with Crippen LogP contribution in [0.2, 0.25) is 0 Å². The number of nitrogens with two attached hydrogens (primary N) is 1. The highest BCUT2D eigenvalue weighted by Crippen LogP contribution is 2.50. The first-order valence-corrected chi connectivity index (χ1v) is 23.8. The number of aryl methyl sites for hydroxylation is 2. The Bertz CT molecular complexity index is 2840. The molecule has 0 unspecified atom stereocenters. The van der Waals surface area contributed by atoms with Gasteiger partial charge in [-0.1, -0.05) is 10.1 Å². The van der Waals surface area contributed by atoms with E-state index < -0.39 is 86.0 Å². The highest BCUT2D eigenvalue weighted by molar-refractivity contribution is 7.94. The van der Waals surface area contributed by atoms with E-state index in [4.69, 9.17) is 34.5 Å². The molecule has 4 rings (SSSR count). The molecule has 7 N–H and O–H groups in total.